The van der Waals surface area contributed by atoms with Gasteiger partial charge in [-0.15, -0.1) is 0 Å². The van der Waals surface area contributed by atoms with E-state index in [0.29, 0.717) is 38.6 Å². The second kappa shape index (κ2) is 12.8. The Morgan fingerprint density at radius 2 is 1.67 bits per heavy atom. The van der Waals surface area contributed by atoms with E-state index in [-0.39, 0.29) is 11.1 Å². The van der Waals surface area contributed by atoms with E-state index in [4.69, 9.17) is 19.3 Å². The molecule has 0 fully saturated rings. The number of fused-ring (bicyclic) bond motifs is 1. The first-order valence-electron chi connectivity index (χ1n) is 14.5. The molecule has 3 aromatic carbocycles. The Balaban J connectivity index is 1.52. The maximum atomic E-state index is 14.2. The summed E-state index contributed by atoms with van der Waals surface area (Å²) in [5.74, 6) is 0.0564. The molecule has 2 aromatic heterocycles. The summed E-state index contributed by atoms with van der Waals surface area (Å²) < 4.78 is 19.6. The number of allylic oxidation sites excluding steroid dienone is 1. The first kappa shape index (κ1) is 30.5. The van der Waals surface area contributed by atoms with Crippen molar-refractivity contribution in [2.75, 3.05) is 13.7 Å². The Kier molecular flexibility index (Phi) is 8.49. The normalized spacial score (nSPS) is 14.4. The van der Waals surface area contributed by atoms with Gasteiger partial charge in [0.2, 0.25) is 0 Å². The van der Waals surface area contributed by atoms with Crippen molar-refractivity contribution in [1.82, 2.24) is 14.3 Å². The fourth-order valence-electron chi connectivity index (χ4n) is 5.34. The van der Waals surface area contributed by atoms with Crippen LogP contribution in [0.1, 0.15) is 37.9 Å². The predicted octanol–water partition coefficient (Wildman–Crippen LogP) is 4.58. The number of para-hydroxylation sites is 1. The lowest BCUT2D eigenvalue weighted by Crippen LogP contribution is -2.39. The fourth-order valence-corrected chi connectivity index (χ4v) is 6.38. The van der Waals surface area contributed by atoms with E-state index in [9.17, 15) is 14.4 Å². The number of carbonyl (C=O) groups is 2. The lowest BCUT2D eigenvalue weighted by atomic mass is 9.96. The van der Waals surface area contributed by atoms with Crippen LogP contribution in [0.5, 0.6) is 11.5 Å². The van der Waals surface area contributed by atoms with Crippen LogP contribution in [0, 0.1) is 0 Å². The zero-order valence-electron chi connectivity index (χ0n) is 25.6. The molecule has 1 atom stereocenters. The summed E-state index contributed by atoms with van der Waals surface area (Å²) in [5.41, 5.74) is 4.13. The quantitative estimate of drug-likeness (QED) is 0.181. The number of benzene rings is 3. The molecule has 0 spiro atoms. The van der Waals surface area contributed by atoms with Crippen molar-refractivity contribution in [2.45, 2.75) is 26.8 Å². The average Bonchev–Trinajstić information content (AvgIpc) is 3.61. The van der Waals surface area contributed by atoms with Crippen LogP contribution < -0.4 is 24.4 Å². The minimum absolute atomic E-state index is 0.244. The van der Waals surface area contributed by atoms with Gasteiger partial charge in [-0.1, -0.05) is 41.7 Å². The van der Waals surface area contributed by atoms with Crippen LogP contribution in [0.15, 0.2) is 106 Å². The molecule has 3 heterocycles. The molecule has 10 nitrogen and oxygen atoms in total. The van der Waals surface area contributed by atoms with E-state index in [1.165, 1.54) is 29.9 Å². The van der Waals surface area contributed by atoms with Gasteiger partial charge in [0, 0.05) is 24.2 Å². The Hall–Kier alpha value is -5.55. The van der Waals surface area contributed by atoms with Gasteiger partial charge in [-0.2, -0.15) is 5.10 Å². The summed E-state index contributed by atoms with van der Waals surface area (Å²) in [6.45, 7) is 5.53. The highest BCUT2D eigenvalue weighted by Crippen LogP contribution is 2.32. The molecular weight excluding hydrogens is 604 g/mol. The second-order valence-electron chi connectivity index (χ2n) is 10.4. The number of hydrogen-bond donors (Lipinski definition) is 0. The highest BCUT2D eigenvalue weighted by atomic mass is 32.1. The number of methoxy groups -OCH3 is 1. The molecule has 5 aromatic rings. The number of nitrogens with zero attached hydrogens (tertiary/aromatic N) is 4. The smallest absolute Gasteiger partial charge is 0.338 e. The van der Waals surface area contributed by atoms with Crippen molar-refractivity contribution in [1.29, 1.82) is 0 Å². The van der Waals surface area contributed by atoms with Crippen molar-refractivity contribution < 1.29 is 23.8 Å². The van der Waals surface area contributed by atoms with E-state index < -0.39 is 18.0 Å². The van der Waals surface area contributed by atoms with Crippen LogP contribution in [0.3, 0.4) is 0 Å². The number of aromatic nitrogens is 3. The molecule has 0 unspecified atom stereocenters. The van der Waals surface area contributed by atoms with Crippen molar-refractivity contribution in [3.05, 3.63) is 127 Å². The van der Waals surface area contributed by atoms with Gasteiger partial charge in [-0.05, 0) is 74.0 Å². The van der Waals surface area contributed by atoms with Crippen LogP contribution in [-0.4, -0.2) is 40.0 Å². The SMILES string of the molecule is CCOc1ccc(-c2nn(-c3ccccc3)cc2/C=c2/sc3n(c2=O)[C@H](c2ccc(OC(C)=O)cc2)C(C(=O)OC)=C(C)N=3)cc1. The number of carbonyl (C=O) groups excluding carboxylic acids is 2. The molecular formula is C35H30N4O6S. The van der Waals surface area contributed by atoms with Crippen molar-refractivity contribution in [3.63, 3.8) is 0 Å². The molecule has 6 rings (SSSR count). The summed E-state index contributed by atoms with van der Waals surface area (Å²) in [7, 11) is 1.29. The third-order valence-electron chi connectivity index (χ3n) is 7.37. The van der Waals surface area contributed by atoms with E-state index in [2.05, 4.69) is 4.99 Å². The molecule has 46 heavy (non-hydrogen) atoms. The van der Waals surface area contributed by atoms with E-state index in [1.807, 2.05) is 67.7 Å². The summed E-state index contributed by atoms with van der Waals surface area (Å²) in [6.07, 6.45) is 3.69. The zero-order chi connectivity index (χ0) is 32.4. The molecule has 0 saturated heterocycles. The lowest BCUT2D eigenvalue weighted by Gasteiger charge is -2.24. The molecule has 0 amide bonds. The maximum Gasteiger partial charge on any atom is 0.338 e. The Bertz CT molecular complexity index is 2140. The van der Waals surface area contributed by atoms with Gasteiger partial charge in [0.25, 0.3) is 5.56 Å². The van der Waals surface area contributed by atoms with Crippen LogP contribution in [0.4, 0.5) is 0 Å². The predicted molar refractivity (Wildman–Crippen MR) is 174 cm³/mol. The van der Waals surface area contributed by atoms with E-state index >= 15 is 0 Å². The number of ether oxygens (including phenoxy) is 3. The third kappa shape index (κ3) is 5.92. The molecule has 232 valence electrons. The highest BCUT2D eigenvalue weighted by Gasteiger charge is 2.33. The van der Waals surface area contributed by atoms with Gasteiger partial charge in [-0.25, -0.2) is 14.5 Å². The van der Waals surface area contributed by atoms with E-state index in [1.54, 1.807) is 41.9 Å². The van der Waals surface area contributed by atoms with Gasteiger partial charge in [0.15, 0.2) is 4.80 Å². The molecule has 1 aliphatic rings. The standard InChI is InChI=1S/C35H30N4O6S/c1-5-44-27-15-11-23(12-16-27)31-25(20-38(37-31)26-9-7-6-8-10-26)19-29-33(41)39-32(24-13-17-28(18-14-24)45-22(3)40)30(34(42)43-4)21(2)36-35(39)46-29/h6-20,32H,5H2,1-4H3/b29-19+/t32-/m1/s1. The van der Waals surface area contributed by atoms with Gasteiger partial charge in [0.1, 0.15) is 17.2 Å². The first-order chi connectivity index (χ1) is 22.3. The number of hydrogen-bond acceptors (Lipinski definition) is 9. The van der Waals surface area contributed by atoms with Gasteiger partial charge in [0.05, 0.1) is 41.2 Å². The van der Waals surface area contributed by atoms with Gasteiger partial charge >= 0.3 is 11.9 Å². The molecule has 0 N–H and O–H groups in total. The fraction of sp³-hybridized carbons (Fsp3) is 0.171. The number of rotatable bonds is 8. The van der Waals surface area contributed by atoms with Crippen LogP contribution >= 0.6 is 11.3 Å². The Labute approximate surface area is 268 Å². The molecule has 0 aliphatic carbocycles. The molecule has 11 heteroatoms. The highest BCUT2D eigenvalue weighted by molar-refractivity contribution is 7.07. The molecule has 0 radical (unpaired) electrons. The van der Waals surface area contributed by atoms with Gasteiger partial charge < -0.3 is 14.2 Å². The van der Waals surface area contributed by atoms with Crippen molar-refractivity contribution in [3.8, 4) is 28.4 Å². The molecule has 1 aliphatic heterocycles. The Morgan fingerprint density at radius 1 is 0.978 bits per heavy atom. The summed E-state index contributed by atoms with van der Waals surface area (Å²) in [5, 5.41) is 4.90. The summed E-state index contributed by atoms with van der Waals surface area (Å²) in [6, 6.07) is 23.2. The number of thiazole rings is 1. The second-order valence-corrected chi connectivity index (χ2v) is 11.4. The topological polar surface area (TPSA) is 114 Å². The average molecular weight is 635 g/mol. The van der Waals surface area contributed by atoms with Crippen molar-refractivity contribution >= 4 is 29.4 Å². The lowest BCUT2D eigenvalue weighted by molar-refractivity contribution is -0.136. The monoisotopic (exact) mass is 634 g/mol. The molecule has 0 saturated carbocycles. The van der Waals surface area contributed by atoms with Crippen LogP contribution in [0.2, 0.25) is 0 Å². The number of esters is 2. The first-order valence-corrected chi connectivity index (χ1v) is 15.4. The van der Waals surface area contributed by atoms with E-state index in [0.717, 1.165) is 22.6 Å². The summed E-state index contributed by atoms with van der Waals surface area (Å²) in [4.78, 5) is 43.8. The summed E-state index contributed by atoms with van der Waals surface area (Å²) >= 11 is 1.23. The van der Waals surface area contributed by atoms with Gasteiger partial charge in [-0.3, -0.25) is 14.2 Å². The Morgan fingerprint density at radius 3 is 2.33 bits per heavy atom. The molecule has 0 bridgehead atoms. The zero-order valence-corrected chi connectivity index (χ0v) is 26.4. The third-order valence-corrected chi connectivity index (χ3v) is 8.36. The van der Waals surface area contributed by atoms with Crippen LogP contribution in [0.25, 0.3) is 23.0 Å². The minimum atomic E-state index is -0.810. The minimum Gasteiger partial charge on any atom is -0.494 e. The largest absolute Gasteiger partial charge is 0.494 e. The van der Waals surface area contributed by atoms with Crippen molar-refractivity contribution in [2.24, 2.45) is 4.99 Å². The maximum absolute atomic E-state index is 14.2. The van der Waals surface area contributed by atoms with Crippen LogP contribution in [-0.2, 0) is 14.3 Å².